The van der Waals surface area contributed by atoms with Crippen molar-refractivity contribution in [2.75, 3.05) is 5.32 Å². The molecule has 0 saturated heterocycles. The Labute approximate surface area is 152 Å². The molecule has 0 bridgehead atoms. The van der Waals surface area contributed by atoms with Crippen LogP contribution in [-0.4, -0.2) is 47.1 Å². The zero-order valence-electron chi connectivity index (χ0n) is 13.5. The molecule has 3 aromatic heterocycles. The van der Waals surface area contributed by atoms with Crippen molar-refractivity contribution in [2.45, 2.75) is 0 Å². The zero-order chi connectivity index (χ0) is 19.6. The second-order valence-electron chi connectivity index (χ2n) is 4.64. The normalized spacial score (nSPS) is 9.30. The molecule has 0 spiro atoms. The predicted molar refractivity (Wildman–Crippen MR) is 91.8 cm³/mol. The third kappa shape index (κ3) is 5.84. The Bertz CT molecular complexity index is 972. The first-order valence-electron chi connectivity index (χ1n) is 7.15. The number of nitrogens with one attached hydrogen (secondary N) is 1. The molecule has 11 heteroatoms. The fraction of sp³-hybridized carbons (Fsp3) is 0. The number of pyridine rings is 1. The lowest BCUT2D eigenvalue weighted by molar-refractivity contribution is 0.0679. The number of hydrogen-bond acceptors (Lipinski definition) is 8. The average Bonchev–Trinajstić information content (AvgIpc) is 2.70. The summed E-state index contributed by atoms with van der Waals surface area (Å²) in [6.07, 6.45) is 5.21. The second-order valence-corrected chi connectivity index (χ2v) is 4.64. The van der Waals surface area contributed by atoms with Crippen LogP contribution < -0.4 is 5.32 Å². The van der Waals surface area contributed by atoms with E-state index in [1.807, 2.05) is 0 Å². The number of aromatic carboxylic acids is 2. The summed E-state index contributed by atoms with van der Waals surface area (Å²) in [5, 5.41) is 19.9. The van der Waals surface area contributed by atoms with Gasteiger partial charge in [-0.3, -0.25) is 0 Å². The topological polar surface area (TPSA) is 155 Å². The molecule has 134 valence electrons. The molecule has 0 atom stereocenters. The largest absolute Gasteiger partial charge is 0.477 e. The summed E-state index contributed by atoms with van der Waals surface area (Å²) < 4.78 is 0. The molecule has 0 amide bonds. The third-order valence-corrected chi connectivity index (χ3v) is 2.82. The van der Waals surface area contributed by atoms with E-state index in [0.717, 1.165) is 6.33 Å². The van der Waals surface area contributed by atoms with Crippen LogP contribution in [0, 0.1) is 6.57 Å². The maximum atomic E-state index is 10.7. The molecular weight excluding hydrogens is 354 g/mol. The molecule has 3 heterocycles. The molecule has 0 unspecified atom stereocenters. The molecule has 0 aromatic carbocycles. The van der Waals surface area contributed by atoms with Gasteiger partial charge in [-0.15, -0.1) is 4.98 Å². The monoisotopic (exact) mass is 365 g/mol. The summed E-state index contributed by atoms with van der Waals surface area (Å²) in [7, 11) is 0. The lowest BCUT2D eigenvalue weighted by Gasteiger charge is -2.03. The number of carboxylic acid groups (broad SMARTS) is 2. The van der Waals surface area contributed by atoms with Crippen LogP contribution in [0.15, 0.2) is 49.3 Å². The highest BCUT2D eigenvalue weighted by molar-refractivity contribution is 5.86. The molecule has 0 fully saturated rings. The number of carboxylic acids is 2. The lowest BCUT2D eigenvalue weighted by atomic mass is 10.3. The van der Waals surface area contributed by atoms with E-state index in [2.05, 4.69) is 35.1 Å². The Morgan fingerprint density at radius 3 is 2.22 bits per heavy atom. The highest BCUT2D eigenvalue weighted by atomic mass is 16.4. The van der Waals surface area contributed by atoms with Crippen molar-refractivity contribution in [3.8, 4) is 0 Å². The molecular formula is C16H11N7O4. The molecule has 0 saturated carbocycles. The smallest absolute Gasteiger partial charge is 0.354 e. The number of nitrogens with zero attached hydrogens (tertiary/aromatic N) is 6. The minimum Gasteiger partial charge on any atom is -0.477 e. The van der Waals surface area contributed by atoms with Crippen LogP contribution in [0.3, 0.4) is 0 Å². The number of carbonyl (C=O) groups is 2. The summed E-state index contributed by atoms with van der Waals surface area (Å²) in [5.41, 5.74) is 0.528. The molecule has 3 rings (SSSR count). The van der Waals surface area contributed by atoms with Crippen LogP contribution in [0.2, 0.25) is 0 Å². The van der Waals surface area contributed by atoms with Gasteiger partial charge in [-0.05, 0) is 18.2 Å². The fourth-order valence-electron chi connectivity index (χ4n) is 1.63. The highest BCUT2D eigenvalue weighted by Crippen LogP contribution is 2.16. The molecule has 27 heavy (non-hydrogen) atoms. The van der Waals surface area contributed by atoms with E-state index >= 15 is 0 Å². The van der Waals surface area contributed by atoms with E-state index in [1.54, 1.807) is 12.1 Å². The lowest BCUT2D eigenvalue weighted by Crippen LogP contribution is -2.03. The van der Waals surface area contributed by atoms with Gasteiger partial charge in [-0.2, -0.15) is 0 Å². The minimum atomic E-state index is -1.12. The summed E-state index contributed by atoms with van der Waals surface area (Å²) in [6.45, 7) is 6.77. The van der Waals surface area contributed by atoms with E-state index in [1.165, 1.54) is 30.9 Å². The van der Waals surface area contributed by atoms with Gasteiger partial charge in [0.2, 0.25) is 0 Å². The number of rotatable bonds is 4. The molecule has 3 N–H and O–H groups in total. The van der Waals surface area contributed by atoms with Crippen LogP contribution in [0.1, 0.15) is 21.0 Å². The van der Waals surface area contributed by atoms with Gasteiger partial charge in [0.25, 0.3) is 5.82 Å². The Balaban J connectivity index is 0.000000244. The first-order valence-corrected chi connectivity index (χ1v) is 7.15. The minimum absolute atomic E-state index is 0.0185. The summed E-state index contributed by atoms with van der Waals surface area (Å²) in [5.74, 6) is -1.52. The van der Waals surface area contributed by atoms with Crippen molar-refractivity contribution in [1.29, 1.82) is 0 Å². The van der Waals surface area contributed by atoms with E-state index in [-0.39, 0.29) is 17.2 Å². The predicted octanol–water partition coefficient (Wildman–Crippen LogP) is 2.04. The quantitative estimate of drug-likeness (QED) is 0.585. The van der Waals surface area contributed by atoms with Crippen LogP contribution in [-0.2, 0) is 0 Å². The summed E-state index contributed by atoms with van der Waals surface area (Å²) in [6, 6.07) is 5.85. The van der Waals surface area contributed by atoms with Gasteiger partial charge in [0.05, 0.1) is 5.69 Å². The van der Waals surface area contributed by atoms with Crippen LogP contribution in [0.4, 0.5) is 17.3 Å². The first kappa shape index (κ1) is 18.9. The van der Waals surface area contributed by atoms with Crippen LogP contribution in [0.5, 0.6) is 0 Å². The van der Waals surface area contributed by atoms with Crippen molar-refractivity contribution in [2.24, 2.45) is 0 Å². The van der Waals surface area contributed by atoms with Crippen molar-refractivity contribution < 1.29 is 19.8 Å². The maximum absolute atomic E-state index is 10.7. The van der Waals surface area contributed by atoms with E-state index in [4.69, 9.17) is 16.8 Å². The summed E-state index contributed by atoms with van der Waals surface area (Å²) >= 11 is 0. The van der Waals surface area contributed by atoms with Crippen molar-refractivity contribution >= 4 is 29.3 Å². The molecule has 0 aliphatic carbocycles. The van der Waals surface area contributed by atoms with E-state index in [0.29, 0.717) is 11.5 Å². The van der Waals surface area contributed by atoms with Gasteiger partial charge >= 0.3 is 11.9 Å². The zero-order valence-corrected chi connectivity index (χ0v) is 13.5. The standard InChI is InChI=1S/C11H7N5O2.C5H4N2O2/c1-12-9-3-2-7(5-13-9)16-10-4-8(11(17)18)14-6-15-10;8-5(9)4-1-2-6-3-7-4/h2-6H,(H,17,18)(H,14,15,16);1-3H,(H,8,9). The van der Waals surface area contributed by atoms with Crippen molar-refractivity contribution in [1.82, 2.24) is 24.9 Å². The number of anilines is 2. The van der Waals surface area contributed by atoms with Gasteiger partial charge in [-0.1, -0.05) is 6.57 Å². The maximum Gasteiger partial charge on any atom is 0.354 e. The SMILES string of the molecule is O=C(O)c1ccncn1.[C-]#[N+]c1ccc(Nc2cc(C(=O)O)ncn2)cn1. The van der Waals surface area contributed by atoms with Gasteiger partial charge in [0.15, 0.2) is 11.4 Å². The molecule has 0 radical (unpaired) electrons. The molecule has 3 aromatic rings. The van der Waals surface area contributed by atoms with E-state index in [9.17, 15) is 9.59 Å². The second kappa shape index (κ2) is 9.14. The van der Waals surface area contributed by atoms with Crippen LogP contribution in [0.25, 0.3) is 4.85 Å². The number of hydrogen-bond donors (Lipinski definition) is 3. The van der Waals surface area contributed by atoms with Gasteiger partial charge < -0.3 is 20.4 Å². The van der Waals surface area contributed by atoms with Crippen molar-refractivity contribution in [3.63, 3.8) is 0 Å². The first-order chi connectivity index (χ1) is 13.0. The van der Waals surface area contributed by atoms with Gasteiger partial charge in [0.1, 0.15) is 24.7 Å². The van der Waals surface area contributed by atoms with Gasteiger partial charge in [0, 0.05) is 12.3 Å². The van der Waals surface area contributed by atoms with Gasteiger partial charge in [-0.25, -0.2) is 29.5 Å². The Hall–Kier alpha value is -4.46. The summed E-state index contributed by atoms with van der Waals surface area (Å²) in [4.78, 5) is 42.4. The average molecular weight is 365 g/mol. The molecule has 11 nitrogen and oxygen atoms in total. The Morgan fingerprint density at radius 1 is 0.963 bits per heavy atom. The van der Waals surface area contributed by atoms with Crippen molar-refractivity contribution in [3.05, 3.63) is 72.1 Å². The Kier molecular flexibility index (Phi) is 6.39. The molecule has 0 aliphatic heterocycles. The number of aromatic nitrogens is 5. The van der Waals surface area contributed by atoms with E-state index < -0.39 is 11.9 Å². The van der Waals surface area contributed by atoms with Crippen LogP contribution >= 0.6 is 0 Å². The third-order valence-electron chi connectivity index (χ3n) is 2.82. The molecule has 0 aliphatic rings. The Morgan fingerprint density at radius 2 is 1.70 bits per heavy atom. The fourth-order valence-corrected chi connectivity index (χ4v) is 1.63. The highest BCUT2D eigenvalue weighted by Gasteiger charge is 2.06.